The summed E-state index contributed by atoms with van der Waals surface area (Å²) < 4.78 is 0. The van der Waals surface area contributed by atoms with E-state index < -0.39 is 0 Å². The molecule has 0 unspecified atom stereocenters. The Hall–Kier alpha value is -1.51. The first-order chi connectivity index (χ1) is 5.25. The SMILES string of the molecule is CC(=O)c1ccccc1N=O. The highest BCUT2D eigenvalue weighted by Gasteiger charge is 2.04. The average molecular weight is 149 g/mol. The molecule has 1 aromatic rings. The summed E-state index contributed by atoms with van der Waals surface area (Å²) in [6.45, 7) is 1.41. The van der Waals surface area contributed by atoms with Crippen molar-refractivity contribution in [2.45, 2.75) is 6.92 Å². The molecule has 3 heteroatoms. The number of hydrogen-bond donors (Lipinski definition) is 0. The number of Topliss-reactive ketones (excluding diaryl/α,β-unsaturated/α-hetero) is 1. The van der Waals surface area contributed by atoms with Gasteiger partial charge in [-0.1, -0.05) is 12.1 Å². The van der Waals surface area contributed by atoms with Crippen LogP contribution in [0.3, 0.4) is 0 Å². The normalized spacial score (nSPS) is 9.18. The molecule has 1 rings (SSSR count). The third kappa shape index (κ3) is 1.49. The van der Waals surface area contributed by atoms with Gasteiger partial charge in [-0.2, -0.15) is 0 Å². The summed E-state index contributed by atoms with van der Waals surface area (Å²) in [7, 11) is 0. The van der Waals surface area contributed by atoms with Crippen LogP contribution in [0.1, 0.15) is 17.3 Å². The predicted octanol–water partition coefficient (Wildman–Crippen LogP) is 2.29. The van der Waals surface area contributed by atoms with Gasteiger partial charge in [0.2, 0.25) is 0 Å². The molecule has 11 heavy (non-hydrogen) atoms. The third-order valence-electron chi connectivity index (χ3n) is 1.38. The van der Waals surface area contributed by atoms with Crippen LogP contribution in [0.15, 0.2) is 29.4 Å². The molecule has 0 bridgehead atoms. The fourth-order valence-electron chi connectivity index (χ4n) is 0.851. The van der Waals surface area contributed by atoms with Crippen LogP contribution in [0, 0.1) is 4.91 Å². The quantitative estimate of drug-likeness (QED) is 0.478. The predicted molar refractivity (Wildman–Crippen MR) is 41.9 cm³/mol. The van der Waals surface area contributed by atoms with Crippen molar-refractivity contribution in [2.75, 3.05) is 0 Å². The Balaban J connectivity index is 3.22. The molecule has 0 atom stereocenters. The van der Waals surface area contributed by atoms with E-state index in [9.17, 15) is 9.70 Å². The van der Waals surface area contributed by atoms with E-state index in [4.69, 9.17) is 0 Å². The Bertz CT molecular complexity index is 294. The lowest BCUT2D eigenvalue weighted by Crippen LogP contribution is -1.90. The van der Waals surface area contributed by atoms with Crippen LogP contribution in [0.2, 0.25) is 0 Å². The summed E-state index contributed by atoms with van der Waals surface area (Å²) in [5.74, 6) is -0.139. The van der Waals surface area contributed by atoms with E-state index in [1.165, 1.54) is 13.0 Å². The van der Waals surface area contributed by atoms with E-state index in [1.807, 2.05) is 0 Å². The lowest BCUT2D eigenvalue weighted by molar-refractivity contribution is 0.101. The van der Waals surface area contributed by atoms with E-state index in [0.717, 1.165) is 0 Å². The molecule has 1 aromatic carbocycles. The van der Waals surface area contributed by atoms with Gasteiger partial charge in [-0.3, -0.25) is 4.79 Å². The zero-order valence-corrected chi connectivity index (χ0v) is 6.07. The smallest absolute Gasteiger partial charge is 0.162 e. The second-order valence-electron chi connectivity index (χ2n) is 2.16. The molecular formula is C8H7NO2. The zero-order chi connectivity index (χ0) is 8.27. The number of carbonyl (C=O) groups is 1. The van der Waals surface area contributed by atoms with Crippen LogP contribution >= 0.6 is 0 Å². The maximum Gasteiger partial charge on any atom is 0.162 e. The highest BCUT2D eigenvalue weighted by atomic mass is 16.3. The Morgan fingerprint density at radius 3 is 2.45 bits per heavy atom. The molecule has 56 valence electrons. The average Bonchev–Trinajstić information content (AvgIpc) is 2.04. The summed E-state index contributed by atoms with van der Waals surface area (Å²) >= 11 is 0. The van der Waals surface area contributed by atoms with Crippen molar-refractivity contribution in [2.24, 2.45) is 5.18 Å². The van der Waals surface area contributed by atoms with E-state index in [0.29, 0.717) is 5.56 Å². The van der Waals surface area contributed by atoms with Gasteiger partial charge in [0, 0.05) is 5.56 Å². The minimum atomic E-state index is -0.139. The maximum atomic E-state index is 10.8. The molecule has 0 heterocycles. The number of benzene rings is 1. The molecule has 0 saturated carbocycles. The molecule has 0 radical (unpaired) electrons. The van der Waals surface area contributed by atoms with Crippen molar-refractivity contribution in [1.82, 2.24) is 0 Å². The Kier molecular flexibility index (Phi) is 2.11. The second kappa shape index (κ2) is 3.05. The van der Waals surface area contributed by atoms with E-state index >= 15 is 0 Å². The Morgan fingerprint density at radius 1 is 1.36 bits per heavy atom. The zero-order valence-electron chi connectivity index (χ0n) is 6.07. The molecule has 0 amide bonds. The topological polar surface area (TPSA) is 46.5 Å². The van der Waals surface area contributed by atoms with E-state index in [2.05, 4.69) is 5.18 Å². The van der Waals surface area contributed by atoms with Gasteiger partial charge in [-0.25, -0.2) is 0 Å². The molecule has 0 N–H and O–H groups in total. The minimum Gasteiger partial charge on any atom is -0.294 e. The number of ketones is 1. The van der Waals surface area contributed by atoms with Crippen LogP contribution < -0.4 is 0 Å². The van der Waals surface area contributed by atoms with E-state index in [1.54, 1.807) is 18.2 Å². The molecule has 0 aliphatic heterocycles. The maximum absolute atomic E-state index is 10.8. The highest BCUT2D eigenvalue weighted by Crippen LogP contribution is 2.17. The summed E-state index contributed by atoms with van der Waals surface area (Å²) in [6, 6.07) is 6.47. The lowest BCUT2D eigenvalue weighted by Gasteiger charge is -1.95. The molecule has 0 spiro atoms. The largest absolute Gasteiger partial charge is 0.294 e. The second-order valence-corrected chi connectivity index (χ2v) is 2.16. The number of hydrogen-bond acceptors (Lipinski definition) is 3. The van der Waals surface area contributed by atoms with Gasteiger partial charge >= 0.3 is 0 Å². The Morgan fingerprint density at radius 2 is 2.00 bits per heavy atom. The fourth-order valence-corrected chi connectivity index (χ4v) is 0.851. The molecule has 3 nitrogen and oxygen atoms in total. The number of rotatable bonds is 2. The standard InChI is InChI=1S/C8H7NO2/c1-6(10)7-4-2-3-5-8(7)9-11/h2-5H,1H3. The van der Waals surface area contributed by atoms with Crippen molar-refractivity contribution in [3.05, 3.63) is 34.7 Å². The van der Waals surface area contributed by atoms with Crippen LogP contribution in [-0.2, 0) is 0 Å². The van der Waals surface area contributed by atoms with Gasteiger partial charge in [-0.15, -0.1) is 4.91 Å². The van der Waals surface area contributed by atoms with Gasteiger partial charge in [0.1, 0.15) is 5.69 Å². The van der Waals surface area contributed by atoms with Gasteiger partial charge in [0.15, 0.2) is 5.78 Å². The summed E-state index contributed by atoms with van der Waals surface area (Å²) in [5, 5.41) is 2.72. The van der Waals surface area contributed by atoms with Gasteiger partial charge in [-0.05, 0) is 24.2 Å². The van der Waals surface area contributed by atoms with Crippen molar-refractivity contribution < 1.29 is 4.79 Å². The summed E-state index contributed by atoms with van der Waals surface area (Å²) in [4.78, 5) is 21.0. The van der Waals surface area contributed by atoms with Crippen molar-refractivity contribution in [1.29, 1.82) is 0 Å². The van der Waals surface area contributed by atoms with Crippen LogP contribution in [-0.4, -0.2) is 5.78 Å². The first-order valence-corrected chi connectivity index (χ1v) is 3.19. The van der Waals surface area contributed by atoms with Crippen molar-refractivity contribution in [3.63, 3.8) is 0 Å². The van der Waals surface area contributed by atoms with Gasteiger partial charge < -0.3 is 0 Å². The number of nitroso groups, excluding NO2 is 1. The van der Waals surface area contributed by atoms with Gasteiger partial charge in [0.25, 0.3) is 0 Å². The molecule has 0 aliphatic rings. The summed E-state index contributed by atoms with van der Waals surface area (Å²) in [6.07, 6.45) is 0. The fraction of sp³-hybridized carbons (Fsp3) is 0.125. The van der Waals surface area contributed by atoms with E-state index in [-0.39, 0.29) is 11.5 Å². The van der Waals surface area contributed by atoms with Crippen molar-refractivity contribution >= 4 is 11.5 Å². The third-order valence-corrected chi connectivity index (χ3v) is 1.38. The van der Waals surface area contributed by atoms with Crippen LogP contribution in [0.25, 0.3) is 0 Å². The molecular weight excluding hydrogens is 142 g/mol. The highest BCUT2D eigenvalue weighted by molar-refractivity contribution is 5.98. The monoisotopic (exact) mass is 149 g/mol. The summed E-state index contributed by atoms with van der Waals surface area (Å²) in [5.41, 5.74) is 0.586. The number of carbonyl (C=O) groups excluding carboxylic acids is 1. The Labute approximate surface area is 64.0 Å². The van der Waals surface area contributed by atoms with Crippen LogP contribution in [0.5, 0.6) is 0 Å². The lowest BCUT2D eigenvalue weighted by atomic mass is 10.1. The van der Waals surface area contributed by atoms with Crippen LogP contribution in [0.4, 0.5) is 5.69 Å². The first kappa shape index (κ1) is 7.60. The minimum absolute atomic E-state index is 0.139. The van der Waals surface area contributed by atoms with Crippen molar-refractivity contribution in [3.8, 4) is 0 Å². The van der Waals surface area contributed by atoms with Gasteiger partial charge in [0.05, 0.1) is 0 Å². The molecule has 0 fully saturated rings. The molecule has 0 aromatic heterocycles. The number of nitrogens with zero attached hydrogens (tertiary/aromatic N) is 1. The molecule has 0 saturated heterocycles. The molecule has 0 aliphatic carbocycles. The first-order valence-electron chi connectivity index (χ1n) is 3.19.